The number of likely N-dealkylation sites (N-methyl/N-ethyl adjacent to an activating group) is 1. The summed E-state index contributed by atoms with van der Waals surface area (Å²) in [6.45, 7) is 1.70. The molecule has 0 bridgehead atoms. The lowest BCUT2D eigenvalue weighted by Gasteiger charge is -2.37. The number of likely N-dealkylation sites (tertiary alicyclic amines) is 1. The molecule has 2 fully saturated rings. The number of amides is 1. The molecule has 2 atom stereocenters. The number of hydrogen-bond acceptors (Lipinski definition) is 9. The van der Waals surface area contributed by atoms with Crippen molar-refractivity contribution in [2.24, 2.45) is 5.92 Å². The van der Waals surface area contributed by atoms with Crippen LogP contribution in [0.15, 0.2) is 24.4 Å². The van der Waals surface area contributed by atoms with E-state index in [1.54, 1.807) is 18.2 Å². The maximum atomic E-state index is 13.9. The van der Waals surface area contributed by atoms with Gasteiger partial charge in [0.25, 0.3) is 0 Å². The van der Waals surface area contributed by atoms with Gasteiger partial charge in [-0.15, -0.1) is 0 Å². The number of aromatic nitrogens is 2. The lowest BCUT2D eigenvalue weighted by atomic mass is 9.90. The summed E-state index contributed by atoms with van der Waals surface area (Å²) in [6, 6.07) is 3.79. The largest absolute Gasteiger partial charge is 0.494 e. The van der Waals surface area contributed by atoms with Crippen LogP contribution in [-0.4, -0.2) is 86.1 Å². The number of benzene rings is 1. The maximum absolute atomic E-state index is 13.9. The molecule has 1 aromatic heterocycles. The van der Waals surface area contributed by atoms with Gasteiger partial charge in [0.15, 0.2) is 0 Å². The summed E-state index contributed by atoms with van der Waals surface area (Å²) in [5.74, 6) is -0.389. The first kappa shape index (κ1) is 31.8. The molecule has 15 heteroatoms. The van der Waals surface area contributed by atoms with Crippen LogP contribution in [0, 0.1) is 5.92 Å². The van der Waals surface area contributed by atoms with Crippen LogP contribution in [-0.2, 0) is 21.0 Å². The molecule has 2 aliphatic rings. The van der Waals surface area contributed by atoms with E-state index in [0.717, 1.165) is 45.0 Å². The Morgan fingerprint density at radius 1 is 1.14 bits per heavy atom. The number of anilines is 4. The number of carbonyl (C=O) groups excluding carboxylic acids is 1. The van der Waals surface area contributed by atoms with Crippen LogP contribution in [0.3, 0.4) is 0 Å². The van der Waals surface area contributed by atoms with E-state index in [4.69, 9.17) is 4.74 Å². The minimum Gasteiger partial charge on any atom is -0.494 e. The van der Waals surface area contributed by atoms with Crippen molar-refractivity contribution in [3.8, 4) is 5.75 Å². The second-order valence-electron chi connectivity index (χ2n) is 10.9. The molecule has 232 valence electrons. The summed E-state index contributed by atoms with van der Waals surface area (Å²) < 4.78 is 72.8. The minimum absolute atomic E-state index is 0.0739. The zero-order valence-electron chi connectivity index (χ0n) is 24.2. The van der Waals surface area contributed by atoms with Crippen molar-refractivity contribution in [1.29, 1.82) is 0 Å². The van der Waals surface area contributed by atoms with Gasteiger partial charge in [0.05, 0.1) is 19.1 Å². The average molecular weight is 614 g/mol. The van der Waals surface area contributed by atoms with Crippen molar-refractivity contribution in [2.75, 3.05) is 56.5 Å². The maximum Gasteiger partial charge on any atom is 0.421 e. The number of sulfonamides is 1. The van der Waals surface area contributed by atoms with Gasteiger partial charge in [-0.3, -0.25) is 4.79 Å². The predicted molar refractivity (Wildman–Crippen MR) is 154 cm³/mol. The van der Waals surface area contributed by atoms with Crippen molar-refractivity contribution in [1.82, 2.24) is 19.2 Å². The summed E-state index contributed by atoms with van der Waals surface area (Å²) in [4.78, 5) is 23.0. The quantitative estimate of drug-likeness (QED) is 0.382. The highest BCUT2D eigenvalue weighted by Crippen LogP contribution is 2.37. The molecule has 2 aromatic rings. The number of nitrogens with one attached hydrogen (secondary N) is 3. The van der Waals surface area contributed by atoms with Crippen molar-refractivity contribution >= 4 is 39.1 Å². The normalized spacial score (nSPS) is 20.8. The Hall–Kier alpha value is -3.17. The number of halogens is 3. The molecule has 3 N–H and O–H groups in total. The van der Waals surface area contributed by atoms with Crippen LogP contribution in [0.4, 0.5) is 36.3 Å². The molecule has 2 heterocycles. The third-order valence-electron chi connectivity index (χ3n) is 7.94. The molecule has 1 saturated heterocycles. The van der Waals surface area contributed by atoms with E-state index in [1.807, 2.05) is 7.05 Å². The molecule has 4 rings (SSSR count). The van der Waals surface area contributed by atoms with Gasteiger partial charge >= 0.3 is 6.18 Å². The monoisotopic (exact) mass is 613 g/mol. The predicted octanol–water partition coefficient (Wildman–Crippen LogP) is 4.14. The molecule has 42 heavy (non-hydrogen) atoms. The standard InChI is InChI=1S/C27H38F3N7O4S/c1-36-13-11-17(12-14-36)25(38)32-18-9-10-21(23(15-18)41-3)34-26-31-16-19(27(28,29)30)24(35-26)33-20-7-5-6-8-22(20)37(2)42(4,39)40/h9-10,15-17,20,22H,5-8,11-14H2,1-4H3,(H,32,38)(H2,31,33,34,35)/t20-,22-/m1/s1. The molecule has 0 spiro atoms. The Kier molecular flexibility index (Phi) is 9.83. The summed E-state index contributed by atoms with van der Waals surface area (Å²) in [5, 5.41) is 8.70. The summed E-state index contributed by atoms with van der Waals surface area (Å²) in [7, 11) is 1.33. The van der Waals surface area contributed by atoms with Crippen LogP contribution in [0.25, 0.3) is 0 Å². The van der Waals surface area contributed by atoms with Gasteiger partial charge in [0.2, 0.25) is 21.9 Å². The van der Waals surface area contributed by atoms with E-state index in [2.05, 4.69) is 30.8 Å². The second-order valence-corrected chi connectivity index (χ2v) is 13.0. The highest BCUT2D eigenvalue weighted by Gasteiger charge is 2.38. The van der Waals surface area contributed by atoms with E-state index in [9.17, 15) is 26.4 Å². The van der Waals surface area contributed by atoms with Crippen LogP contribution >= 0.6 is 0 Å². The molecule has 0 unspecified atom stereocenters. The van der Waals surface area contributed by atoms with E-state index in [1.165, 1.54) is 18.5 Å². The van der Waals surface area contributed by atoms with Gasteiger partial charge in [-0.25, -0.2) is 17.7 Å². The fourth-order valence-electron chi connectivity index (χ4n) is 5.40. The number of alkyl halides is 3. The SMILES string of the molecule is COc1cc(NC(=O)C2CCN(C)CC2)ccc1Nc1ncc(C(F)(F)F)c(N[C@@H]2CCCC[C@H]2N(C)S(C)(=O)=O)n1. The molecule has 11 nitrogen and oxygen atoms in total. The number of ether oxygens (including phenoxy) is 1. The Morgan fingerprint density at radius 2 is 1.83 bits per heavy atom. The first-order valence-electron chi connectivity index (χ1n) is 13.8. The van der Waals surface area contributed by atoms with E-state index >= 15 is 0 Å². The van der Waals surface area contributed by atoms with Crippen LogP contribution in [0.2, 0.25) is 0 Å². The Morgan fingerprint density at radius 3 is 2.48 bits per heavy atom. The van der Waals surface area contributed by atoms with Crippen LogP contribution < -0.4 is 20.7 Å². The first-order chi connectivity index (χ1) is 19.8. The van der Waals surface area contributed by atoms with Gasteiger partial charge in [-0.2, -0.15) is 18.2 Å². The first-order valence-corrected chi connectivity index (χ1v) is 15.7. The Labute approximate surface area is 244 Å². The minimum atomic E-state index is -4.74. The summed E-state index contributed by atoms with van der Waals surface area (Å²) >= 11 is 0. The van der Waals surface area contributed by atoms with E-state index in [0.29, 0.717) is 36.2 Å². The number of carbonyl (C=O) groups is 1. The zero-order chi connectivity index (χ0) is 30.7. The van der Waals surface area contributed by atoms with E-state index in [-0.39, 0.29) is 17.8 Å². The lowest BCUT2D eigenvalue weighted by Crippen LogP contribution is -2.49. The molecular formula is C27H38F3N7O4S. The third kappa shape index (κ3) is 7.81. The highest BCUT2D eigenvalue weighted by atomic mass is 32.2. The second kappa shape index (κ2) is 13.0. The van der Waals surface area contributed by atoms with Crippen molar-refractivity contribution in [2.45, 2.75) is 56.8 Å². The van der Waals surface area contributed by atoms with Gasteiger partial charge in [-0.1, -0.05) is 12.8 Å². The van der Waals surface area contributed by atoms with Crippen LogP contribution in [0.5, 0.6) is 5.75 Å². The zero-order valence-corrected chi connectivity index (χ0v) is 25.0. The van der Waals surface area contributed by atoms with Gasteiger partial charge in [-0.05, 0) is 58.0 Å². The molecule has 1 aliphatic carbocycles. The van der Waals surface area contributed by atoms with Crippen LogP contribution in [0.1, 0.15) is 44.1 Å². The number of piperidine rings is 1. The number of hydrogen-bond donors (Lipinski definition) is 3. The number of rotatable bonds is 9. The molecule has 1 aromatic carbocycles. The fourth-order valence-corrected chi connectivity index (χ4v) is 6.15. The lowest BCUT2D eigenvalue weighted by molar-refractivity contribution is -0.137. The molecule has 0 radical (unpaired) electrons. The highest BCUT2D eigenvalue weighted by molar-refractivity contribution is 7.88. The average Bonchev–Trinajstić information content (AvgIpc) is 2.93. The summed E-state index contributed by atoms with van der Waals surface area (Å²) in [6.07, 6.45) is 1.06. The molecule has 1 amide bonds. The Bertz CT molecular complexity index is 1370. The van der Waals surface area contributed by atoms with E-state index < -0.39 is 39.7 Å². The topological polar surface area (TPSA) is 129 Å². The summed E-state index contributed by atoms with van der Waals surface area (Å²) in [5.41, 5.74) is -0.151. The molecular weight excluding hydrogens is 575 g/mol. The fraction of sp³-hybridized carbons (Fsp3) is 0.593. The van der Waals surface area contributed by atoms with Gasteiger partial charge in [0, 0.05) is 43.0 Å². The Balaban J connectivity index is 1.55. The molecule has 1 aliphatic heterocycles. The van der Waals surface area contributed by atoms with Gasteiger partial charge in [0.1, 0.15) is 17.1 Å². The van der Waals surface area contributed by atoms with Gasteiger partial charge < -0.3 is 25.6 Å². The van der Waals surface area contributed by atoms with Crippen molar-refractivity contribution < 1.29 is 31.1 Å². The number of methoxy groups -OCH3 is 1. The van der Waals surface area contributed by atoms with Crippen molar-refractivity contribution in [3.63, 3.8) is 0 Å². The third-order valence-corrected chi connectivity index (χ3v) is 9.26. The molecule has 1 saturated carbocycles. The van der Waals surface area contributed by atoms with Crippen molar-refractivity contribution in [3.05, 3.63) is 30.0 Å². The number of nitrogens with zero attached hydrogens (tertiary/aromatic N) is 4. The smallest absolute Gasteiger partial charge is 0.421 e.